The van der Waals surface area contributed by atoms with Crippen LogP contribution in [0.5, 0.6) is 5.75 Å². The summed E-state index contributed by atoms with van der Waals surface area (Å²) < 4.78 is 19.5. The normalized spacial score (nSPS) is 11.8. The van der Waals surface area contributed by atoms with Crippen molar-refractivity contribution in [3.05, 3.63) is 46.5 Å². The Hall–Kier alpha value is -2.61. The topological polar surface area (TPSA) is 93.4 Å². The number of hydrogen-bond acceptors (Lipinski definition) is 4. The first-order chi connectivity index (χ1) is 11.3. The number of hydrogen-bond donors (Lipinski definition) is 2. The zero-order chi connectivity index (χ0) is 17.9. The number of halogens is 2. The smallest absolute Gasteiger partial charge is 0.346 e. The quantitative estimate of drug-likeness (QED) is 0.824. The third-order valence-corrected chi connectivity index (χ3v) is 3.74. The molecule has 0 fully saturated rings. The Bertz CT molecular complexity index is 761. The summed E-state index contributed by atoms with van der Waals surface area (Å²) in [7, 11) is 1.63. The fraction of sp³-hybridized carbons (Fsp3) is 0.267. The van der Waals surface area contributed by atoms with Gasteiger partial charge in [-0.15, -0.1) is 0 Å². The van der Waals surface area contributed by atoms with E-state index in [0.717, 1.165) is 12.1 Å². The fourth-order valence-electron chi connectivity index (χ4n) is 1.85. The molecule has 0 bridgehead atoms. The summed E-state index contributed by atoms with van der Waals surface area (Å²) >= 11 is 6.00. The Morgan fingerprint density at radius 1 is 1.42 bits per heavy atom. The lowest BCUT2D eigenvalue weighted by Crippen LogP contribution is -2.40. The molecular formula is C15H15ClFN3O4. The van der Waals surface area contributed by atoms with Crippen molar-refractivity contribution in [2.24, 2.45) is 7.05 Å². The van der Waals surface area contributed by atoms with E-state index in [1.54, 1.807) is 14.0 Å². The molecule has 0 aliphatic carbocycles. The Morgan fingerprint density at radius 3 is 2.54 bits per heavy atom. The molecule has 0 spiro atoms. The maximum Gasteiger partial charge on any atom is 0.346 e. The van der Waals surface area contributed by atoms with E-state index < -0.39 is 23.8 Å². The van der Waals surface area contributed by atoms with E-state index in [0.29, 0.717) is 5.69 Å². The molecule has 0 saturated heterocycles. The molecule has 1 aromatic carbocycles. The maximum absolute atomic E-state index is 12.8. The van der Waals surface area contributed by atoms with Crippen molar-refractivity contribution in [1.82, 2.24) is 15.1 Å². The number of aliphatic carboxylic acids is 1. The number of aryl methyl sites for hydroxylation is 1. The predicted octanol–water partition coefficient (Wildman–Crippen LogP) is 1.78. The van der Waals surface area contributed by atoms with Crippen LogP contribution in [-0.2, 0) is 11.8 Å². The average molecular weight is 356 g/mol. The van der Waals surface area contributed by atoms with Crippen molar-refractivity contribution in [1.29, 1.82) is 0 Å². The summed E-state index contributed by atoms with van der Waals surface area (Å²) in [5.74, 6) is -2.19. The molecule has 2 N–H and O–H groups in total. The second-order valence-electron chi connectivity index (χ2n) is 4.98. The molecule has 1 heterocycles. The van der Waals surface area contributed by atoms with E-state index in [4.69, 9.17) is 16.3 Å². The van der Waals surface area contributed by atoms with Crippen molar-refractivity contribution >= 4 is 23.5 Å². The summed E-state index contributed by atoms with van der Waals surface area (Å²) in [5.41, 5.74) is 0.613. The number of aromatic nitrogens is 2. The first-order valence-electron chi connectivity index (χ1n) is 6.92. The number of rotatable bonds is 6. The Kier molecular flexibility index (Phi) is 5.40. The number of carbonyl (C=O) groups excluding carboxylic acids is 1. The van der Waals surface area contributed by atoms with Crippen LogP contribution in [0.2, 0.25) is 5.02 Å². The van der Waals surface area contributed by atoms with Gasteiger partial charge in [0.25, 0.3) is 5.91 Å². The number of benzene rings is 1. The zero-order valence-corrected chi connectivity index (χ0v) is 13.7. The predicted molar refractivity (Wildman–Crippen MR) is 83.7 cm³/mol. The van der Waals surface area contributed by atoms with Crippen molar-refractivity contribution < 1.29 is 23.8 Å². The highest BCUT2D eigenvalue weighted by Crippen LogP contribution is 2.19. The van der Waals surface area contributed by atoms with Crippen LogP contribution >= 0.6 is 11.6 Å². The lowest BCUT2D eigenvalue weighted by Gasteiger charge is -2.15. The number of ether oxygens (including phenoxy) is 1. The van der Waals surface area contributed by atoms with Crippen LogP contribution in [0.4, 0.5) is 4.39 Å². The van der Waals surface area contributed by atoms with Crippen LogP contribution in [0.3, 0.4) is 0 Å². The molecule has 2 aromatic rings. The molecule has 0 aliphatic heterocycles. The average Bonchev–Trinajstić information content (AvgIpc) is 2.80. The van der Waals surface area contributed by atoms with Crippen LogP contribution in [0.1, 0.15) is 16.2 Å². The highest BCUT2D eigenvalue weighted by Gasteiger charge is 2.23. The summed E-state index contributed by atoms with van der Waals surface area (Å²) in [5, 5.41) is 15.8. The van der Waals surface area contributed by atoms with Gasteiger partial charge in [-0.2, -0.15) is 5.10 Å². The second-order valence-corrected chi connectivity index (χ2v) is 5.36. The van der Waals surface area contributed by atoms with Crippen LogP contribution in [-0.4, -0.2) is 39.4 Å². The van der Waals surface area contributed by atoms with Gasteiger partial charge in [0.15, 0.2) is 5.69 Å². The van der Waals surface area contributed by atoms with Crippen molar-refractivity contribution in [3.63, 3.8) is 0 Å². The molecule has 24 heavy (non-hydrogen) atoms. The van der Waals surface area contributed by atoms with E-state index in [1.165, 1.54) is 16.8 Å². The van der Waals surface area contributed by atoms with Crippen LogP contribution in [0.25, 0.3) is 0 Å². The van der Waals surface area contributed by atoms with E-state index >= 15 is 0 Å². The van der Waals surface area contributed by atoms with Gasteiger partial charge in [-0.25, -0.2) is 9.18 Å². The molecule has 0 radical (unpaired) electrons. The van der Waals surface area contributed by atoms with Gasteiger partial charge < -0.3 is 15.2 Å². The monoisotopic (exact) mass is 355 g/mol. The fourth-order valence-corrected chi connectivity index (χ4v) is 2.10. The molecule has 1 unspecified atom stereocenters. The standard InChI is InChI=1S/C15H15ClFN3O4/c1-8-12(16)13(19-20(8)2)14(21)18-7-11(15(22)23)24-10-5-3-9(17)4-6-10/h3-6,11H,7H2,1-2H3,(H,18,21)(H,22,23). The summed E-state index contributed by atoms with van der Waals surface area (Å²) in [6.45, 7) is 1.39. The highest BCUT2D eigenvalue weighted by atomic mass is 35.5. The van der Waals surface area contributed by atoms with Crippen LogP contribution in [0, 0.1) is 12.7 Å². The molecule has 128 valence electrons. The van der Waals surface area contributed by atoms with Gasteiger partial charge in [0.2, 0.25) is 6.10 Å². The Balaban J connectivity index is 2.03. The minimum atomic E-state index is -1.34. The molecular weight excluding hydrogens is 341 g/mol. The van der Waals surface area contributed by atoms with Gasteiger partial charge in [0, 0.05) is 7.05 Å². The van der Waals surface area contributed by atoms with Gasteiger partial charge in [-0.1, -0.05) is 11.6 Å². The third kappa shape index (κ3) is 4.02. The molecule has 1 amide bonds. The van der Waals surface area contributed by atoms with Crippen LogP contribution in [0.15, 0.2) is 24.3 Å². The zero-order valence-electron chi connectivity index (χ0n) is 12.9. The van der Waals surface area contributed by atoms with Gasteiger partial charge >= 0.3 is 5.97 Å². The SMILES string of the molecule is Cc1c(Cl)c(C(=O)NCC(Oc2ccc(F)cc2)C(=O)O)nn1C. The van der Waals surface area contributed by atoms with Gasteiger partial charge in [-0.05, 0) is 31.2 Å². The number of carboxylic acid groups (broad SMARTS) is 1. The van der Waals surface area contributed by atoms with Gasteiger partial charge in [0.1, 0.15) is 11.6 Å². The summed E-state index contributed by atoms with van der Waals surface area (Å²) in [4.78, 5) is 23.3. The maximum atomic E-state index is 12.8. The number of carboxylic acids is 1. The van der Waals surface area contributed by atoms with Crippen LogP contribution < -0.4 is 10.1 Å². The van der Waals surface area contributed by atoms with Crippen molar-refractivity contribution in [2.75, 3.05) is 6.54 Å². The third-order valence-electron chi connectivity index (χ3n) is 3.29. The summed E-state index contributed by atoms with van der Waals surface area (Å²) in [6, 6.07) is 4.88. The molecule has 9 heteroatoms. The number of nitrogens with one attached hydrogen (secondary N) is 1. The first kappa shape index (κ1) is 17.7. The molecule has 1 aromatic heterocycles. The van der Waals surface area contributed by atoms with E-state index in [9.17, 15) is 19.1 Å². The number of amides is 1. The largest absolute Gasteiger partial charge is 0.478 e. The molecule has 1 atom stereocenters. The molecule has 0 aliphatic rings. The van der Waals surface area contributed by atoms with E-state index in [-0.39, 0.29) is 23.0 Å². The molecule has 2 rings (SSSR count). The van der Waals surface area contributed by atoms with E-state index in [1.807, 2.05) is 0 Å². The molecule has 0 saturated carbocycles. The highest BCUT2D eigenvalue weighted by molar-refractivity contribution is 6.34. The first-order valence-corrected chi connectivity index (χ1v) is 7.29. The molecule has 7 nitrogen and oxygen atoms in total. The number of nitrogens with zero attached hydrogens (tertiary/aromatic N) is 2. The second kappa shape index (κ2) is 7.31. The number of carbonyl (C=O) groups is 2. The lowest BCUT2D eigenvalue weighted by molar-refractivity contribution is -0.144. The van der Waals surface area contributed by atoms with Gasteiger partial charge in [-0.3, -0.25) is 9.48 Å². The van der Waals surface area contributed by atoms with E-state index in [2.05, 4.69) is 10.4 Å². The van der Waals surface area contributed by atoms with Gasteiger partial charge in [0.05, 0.1) is 17.3 Å². The lowest BCUT2D eigenvalue weighted by atomic mass is 10.3. The minimum absolute atomic E-state index is 0.00240. The Labute approximate surface area is 142 Å². The minimum Gasteiger partial charge on any atom is -0.478 e. The van der Waals surface area contributed by atoms with Crippen molar-refractivity contribution in [2.45, 2.75) is 13.0 Å². The Morgan fingerprint density at radius 2 is 2.04 bits per heavy atom. The summed E-state index contributed by atoms with van der Waals surface area (Å²) in [6.07, 6.45) is -1.34. The van der Waals surface area contributed by atoms with Crippen molar-refractivity contribution in [3.8, 4) is 5.75 Å².